The lowest BCUT2D eigenvalue weighted by Crippen LogP contribution is -2.05. The van der Waals surface area contributed by atoms with Gasteiger partial charge >= 0.3 is 0 Å². The number of nitrogens with zero attached hydrogens (tertiary/aromatic N) is 1. The zero-order valence-electron chi connectivity index (χ0n) is 10.4. The van der Waals surface area contributed by atoms with Crippen molar-refractivity contribution in [3.05, 3.63) is 35.4 Å². The van der Waals surface area contributed by atoms with Gasteiger partial charge in [0.2, 0.25) is 0 Å². The average molecular weight is 233 g/mol. The van der Waals surface area contributed by atoms with Crippen molar-refractivity contribution in [2.24, 2.45) is 0 Å². The van der Waals surface area contributed by atoms with E-state index in [1.54, 1.807) is 0 Å². The number of benzene rings is 1. The van der Waals surface area contributed by atoms with E-state index in [1.165, 1.54) is 5.56 Å². The van der Waals surface area contributed by atoms with Crippen LogP contribution in [-0.4, -0.2) is 18.3 Å². The Balaban J connectivity index is 2.66. The van der Waals surface area contributed by atoms with E-state index in [1.807, 2.05) is 24.3 Å². The van der Waals surface area contributed by atoms with Gasteiger partial charge in [-0.3, -0.25) is 0 Å². The van der Waals surface area contributed by atoms with Crippen molar-refractivity contribution < 1.29 is 9.84 Å². The molecule has 0 bridgehead atoms. The van der Waals surface area contributed by atoms with Crippen LogP contribution >= 0.6 is 0 Å². The molecule has 3 nitrogen and oxygen atoms in total. The number of nitriles is 1. The predicted octanol–water partition coefficient (Wildman–Crippen LogP) is 2.77. The lowest BCUT2D eigenvalue weighted by molar-refractivity contribution is 0.0774. The van der Waals surface area contributed by atoms with Gasteiger partial charge in [0.25, 0.3) is 0 Å². The standard InChI is InChI=1S/C14H19NO2/c1-11(2)12-4-6-13(7-5-12)14(10-15)17-9-3-8-16/h4-7,11,14,16H,3,8-9H2,1-2H3. The van der Waals surface area contributed by atoms with Crippen LogP contribution in [0.2, 0.25) is 0 Å². The van der Waals surface area contributed by atoms with Crippen LogP contribution in [0.4, 0.5) is 0 Å². The fraction of sp³-hybridized carbons (Fsp3) is 0.500. The third-order valence-electron chi connectivity index (χ3n) is 2.61. The molecule has 0 spiro atoms. The molecule has 1 aromatic carbocycles. The largest absolute Gasteiger partial charge is 0.396 e. The summed E-state index contributed by atoms with van der Waals surface area (Å²) in [7, 11) is 0. The first kappa shape index (κ1) is 13.7. The summed E-state index contributed by atoms with van der Waals surface area (Å²) in [4.78, 5) is 0. The summed E-state index contributed by atoms with van der Waals surface area (Å²) in [6.07, 6.45) is 0.0187. The van der Waals surface area contributed by atoms with Gasteiger partial charge in [-0.05, 0) is 23.5 Å². The van der Waals surface area contributed by atoms with Crippen LogP contribution in [0.5, 0.6) is 0 Å². The highest BCUT2D eigenvalue weighted by Crippen LogP contribution is 2.20. The minimum absolute atomic E-state index is 0.0877. The van der Waals surface area contributed by atoms with Gasteiger partial charge in [0.05, 0.1) is 12.7 Å². The Bertz CT molecular complexity index is 365. The van der Waals surface area contributed by atoms with Crippen LogP contribution in [-0.2, 0) is 4.74 Å². The molecule has 1 rings (SSSR count). The number of hydrogen-bond acceptors (Lipinski definition) is 3. The van der Waals surface area contributed by atoms with E-state index in [4.69, 9.17) is 15.1 Å². The fourth-order valence-corrected chi connectivity index (χ4v) is 1.53. The Hall–Kier alpha value is -1.37. The summed E-state index contributed by atoms with van der Waals surface area (Å²) in [6, 6.07) is 10.0. The SMILES string of the molecule is CC(C)c1ccc(C(C#N)OCCCO)cc1. The summed E-state index contributed by atoms with van der Waals surface area (Å²) in [5.74, 6) is 0.486. The second-order valence-electron chi connectivity index (χ2n) is 4.28. The highest BCUT2D eigenvalue weighted by atomic mass is 16.5. The summed E-state index contributed by atoms with van der Waals surface area (Å²) in [5, 5.41) is 17.7. The normalized spacial score (nSPS) is 12.4. The molecular formula is C14H19NO2. The van der Waals surface area contributed by atoms with Crippen LogP contribution in [0.25, 0.3) is 0 Å². The van der Waals surface area contributed by atoms with Crippen LogP contribution in [0.3, 0.4) is 0 Å². The van der Waals surface area contributed by atoms with E-state index >= 15 is 0 Å². The molecule has 92 valence electrons. The lowest BCUT2D eigenvalue weighted by atomic mass is 10.0. The highest BCUT2D eigenvalue weighted by molar-refractivity contribution is 5.28. The van der Waals surface area contributed by atoms with E-state index in [9.17, 15) is 0 Å². The Morgan fingerprint density at radius 1 is 1.24 bits per heavy atom. The summed E-state index contributed by atoms with van der Waals surface area (Å²) in [5.41, 5.74) is 2.12. The number of hydrogen-bond donors (Lipinski definition) is 1. The zero-order chi connectivity index (χ0) is 12.7. The topological polar surface area (TPSA) is 53.2 Å². The van der Waals surface area contributed by atoms with Crippen molar-refractivity contribution in [1.29, 1.82) is 5.26 Å². The number of rotatable bonds is 6. The predicted molar refractivity (Wildman–Crippen MR) is 66.5 cm³/mol. The van der Waals surface area contributed by atoms with Gasteiger partial charge in [0.15, 0.2) is 6.10 Å². The van der Waals surface area contributed by atoms with Crippen molar-refractivity contribution in [3.8, 4) is 6.07 Å². The molecular weight excluding hydrogens is 214 g/mol. The Morgan fingerprint density at radius 2 is 1.82 bits per heavy atom. The first-order valence-electron chi connectivity index (χ1n) is 5.91. The van der Waals surface area contributed by atoms with Crippen LogP contribution in [0.1, 0.15) is 43.4 Å². The number of aliphatic hydroxyl groups excluding tert-OH is 1. The molecule has 1 unspecified atom stereocenters. The molecule has 0 aliphatic rings. The van der Waals surface area contributed by atoms with Crippen LogP contribution < -0.4 is 0 Å². The number of aliphatic hydroxyl groups is 1. The highest BCUT2D eigenvalue weighted by Gasteiger charge is 2.10. The molecule has 1 aromatic rings. The second-order valence-corrected chi connectivity index (χ2v) is 4.28. The maximum absolute atomic E-state index is 9.02. The molecule has 1 N–H and O–H groups in total. The van der Waals surface area contributed by atoms with Crippen LogP contribution in [0.15, 0.2) is 24.3 Å². The smallest absolute Gasteiger partial charge is 0.169 e. The maximum atomic E-state index is 9.02. The quantitative estimate of drug-likeness (QED) is 0.769. The molecule has 1 atom stereocenters. The van der Waals surface area contributed by atoms with Crippen molar-refractivity contribution in [2.45, 2.75) is 32.3 Å². The average Bonchev–Trinajstić information content (AvgIpc) is 2.35. The molecule has 0 aromatic heterocycles. The lowest BCUT2D eigenvalue weighted by Gasteiger charge is -2.12. The molecule has 0 saturated heterocycles. The second kappa shape index (κ2) is 7.05. The van der Waals surface area contributed by atoms with Crippen molar-refractivity contribution in [3.63, 3.8) is 0 Å². The van der Waals surface area contributed by atoms with Gasteiger partial charge in [-0.2, -0.15) is 5.26 Å². The van der Waals surface area contributed by atoms with Crippen molar-refractivity contribution in [2.75, 3.05) is 13.2 Å². The zero-order valence-corrected chi connectivity index (χ0v) is 10.4. The molecule has 0 saturated carbocycles. The Labute approximate surface area is 103 Å². The van der Waals surface area contributed by atoms with E-state index in [0.29, 0.717) is 18.9 Å². The molecule has 0 aliphatic carbocycles. The molecule has 0 amide bonds. The Morgan fingerprint density at radius 3 is 2.29 bits per heavy atom. The monoisotopic (exact) mass is 233 g/mol. The van der Waals surface area contributed by atoms with Crippen molar-refractivity contribution in [1.82, 2.24) is 0 Å². The summed E-state index contributed by atoms with van der Waals surface area (Å²) >= 11 is 0. The fourth-order valence-electron chi connectivity index (χ4n) is 1.53. The third kappa shape index (κ3) is 4.18. The summed E-state index contributed by atoms with van der Waals surface area (Å²) in [6.45, 7) is 4.76. The van der Waals surface area contributed by atoms with Crippen molar-refractivity contribution >= 4 is 0 Å². The third-order valence-corrected chi connectivity index (χ3v) is 2.61. The maximum Gasteiger partial charge on any atom is 0.169 e. The van der Waals surface area contributed by atoms with Gasteiger partial charge in [0, 0.05) is 6.61 Å². The van der Waals surface area contributed by atoms with Gasteiger partial charge in [-0.15, -0.1) is 0 Å². The molecule has 0 fully saturated rings. The molecule has 17 heavy (non-hydrogen) atoms. The van der Waals surface area contributed by atoms with Crippen LogP contribution in [0, 0.1) is 11.3 Å². The van der Waals surface area contributed by atoms with Gasteiger partial charge in [0.1, 0.15) is 0 Å². The minimum atomic E-state index is -0.539. The van der Waals surface area contributed by atoms with E-state index in [2.05, 4.69) is 19.9 Å². The molecule has 3 heteroatoms. The molecule has 0 heterocycles. The first-order chi connectivity index (χ1) is 8.19. The van der Waals surface area contributed by atoms with Gasteiger partial charge in [-0.1, -0.05) is 38.1 Å². The van der Waals surface area contributed by atoms with E-state index in [-0.39, 0.29) is 6.61 Å². The number of ether oxygens (including phenoxy) is 1. The summed E-state index contributed by atoms with van der Waals surface area (Å²) < 4.78 is 5.40. The van der Waals surface area contributed by atoms with Gasteiger partial charge in [-0.25, -0.2) is 0 Å². The molecule has 0 radical (unpaired) electrons. The first-order valence-corrected chi connectivity index (χ1v) is 5.91. The van der Waals surface area contributed by atoms with E-state index in [0.717, 1.165) is 5.56 Å². The Kier molecular flexibility index (Phi) is 5.68. The van der Waals surface area contributed by atoms with E-state index < -0.39 is 6.10 Å². The van der Waals surface area contributed by atoms with Gasteiger partial charge < -0.3 is 9.84 Å². The minimum Gasteiger partial charge on any atom is -0.396 e. The molecule has 0 aliphatic heterocycles.